The Hall–Kier alpha value is -3.16. The number of nitrogens with one attached hydrogen (secondary N) is 2. The number of sulfonamides is 1. The first-order chi connectivity index (χ1) is 14.7. The highest BCUT2D eigenvalue weighted by atomic mass is 32.2. The number of aryl methyl sites for hydroxylation is 2. The fourth-order valence-corrected chi connectivity index (χ4v) is 4.84. The monoisotopic (exact) mass is 438 g/mol. The highest BCUT2D eigenvalue weighted by Crippen LogP contribution is 2.27. The van der Waals surface area contributed by atoms with E-state index in [1.54, 1.807) is 68.6 Å². The van der Waals surface area contributed by atoms with Crippen molar-refractivity contribution < 1.29 is 17.9 Å². The summed E-state index contributed by atoms with van der Waals surface area (Å²) >= 11 is 0. The minimum atomic E-state index is -3.75. The number of methoxy groups -OCH3 is 1. The molecule has 0 bridgehead atoms. The number of rotatable bonds is 7. The van der Waals surface area contributed by atoms with E-state index in [0.29, 0.717) is 17.0 Å². The van der Waals surface area contributed by atoms with Gasteiger partial charge < -0.3 is 10.1 Å². The number of anilines is 1. The van der Waals surface area contributed by atoms with Crippen molar-refractivity contribution in [2.24, 2.45) is 0 Å². The van der Waals surface area contributed by atoms with Crippen molar-refractivity contribution in [3.05, 3.63) is 89.0 Å². The highest BCUT2D eigenvalue weighted by molar-refractivity contribution is 7.89. The summed E-state index contributed by atoms with van der Waals surface area (Å²) < 4.78 is 33.9. The normalized spacial score (nSPS) is 12.3. The molecule has 3 aromatic rings. The molecule has 31 heavy (non-hydrogen) atoms. The first-order valence-corrected chi connectivity index (χ1v) is 11.3. The molecule has 6 nitrogen and oxygen atoms in total. The molecule has 0 saturated carbocycles. The molecule has 0 saturated heterocycles. The van der Waals surface area contributed by atoms with Crippen LogP contribution in [0.2, 0.25) is 0 Å². The van der Waals surface area contributed by atoms with Crippen LogP contribution in [0.1, 0.15) is 40.0 Å². The van der Waals surface area contributed by atoms with Gasteiger partial charge in [-0.05, 0) is 73.9 Å². The van der Waals surface area contributed by atoms with Crippen LogP contribution >= 0.6 is 0 Å². The molecule has 0 aliphatic carbocycles. The second kappa shape index (κ2) is 9.32. The van der Waals surface area contributed by atoms with E-state index in [0.717, 1.165) is 16.7 Å². The lowest BCUT2D eigenvalue weighted by molar-refractivity contribution is 0.102. The Morgan fingerprint density at radius 3 is 2.19 bits per heavy atom. The third-order valence-corrected chi connectivity index (χ3v) is 6.48. The van der Waals surface area contributed by atoms with Gasteiger partial charge in [0.15, 0.2) is 0 Å². The fourth-order valence-electron chi connectivity index (χ4n) is 3.44. The maximum atomic E-state index is 12.9. The molecule has 162 valence electrons. The van der Waals surface area contributed by atoms with Crippen molar-refractivity contribution in [3.8, 4) is 5.75 Å². The van der Waals surface area contributed by atoms with Crippen LogP contribution in [0.3, 0.4) is 0 Å². The van der Waals surface area contributed by atoms with E-state index in [2.05, 4.69) is 10.0 Å². The predicted molar refractivity (Wildman–Crippen MR) is 122 cm³/mol. The Bertz CT molecular complexity index is 1170. The quantitative estimate of drug-likeness (QED) is 0.564. The Morgan fingerprint density at radius 2 is 1.58 bits per heavy atom. The van der Waals surface area contributed by atoms with Crippen LogP contribution in [0.5, 0.6) is 5.75 Å². The van der Waals surface area contributed by atoms with Crippen LogP contribution in [-0.2, 0) is 10.0 Å². The minimum Gasteiger partial charge on any atom is -0.496 e. The molecule has 0 heterocycles. The molecule has 0 radical (unpaired) electrons. The second-order valence-corrected chi connectivity index (χ2v) is 9.09. The Kier molecular flexibility index (Phi) is 6.77. The summed E-state index contributed by atoms with van der Waals surface area (Å²) in [4.78, 5) is 12.6. The van der Waals surface area contributed by atoms with Gasteiger partial charge in [-0.1, -0.05) is 30.3 Å². The standard InChI is InChI=1S/C24H26N2O4S/c1-16-13-22(14-17(2)23(16)30-4)31(28,29)26-18(3)20-11-8-12-21(15-20)25-24(27)19-9-6-5-7-10-19/h5-15,18,26H,1-4H3,(H,25,27). The zero-order chi connectivity index (χ0) is 22.6. The van der Waals surface area contributed by atoms with Gasteiger partial charge in [-0.25, -0.2) is 13.1 Å². The van der Waals surface area contributed by atoms with Gasteiger partial charge in [0.25, 0.3) is 5.91 Å². The third-order valence-electron chi connectivity index (χ3n) is 4.96. The summed E-state index contributed by atoms with van der Waals surface area (Å²) in [5, 5.41) is 2.85. The van der Waals surface area contributed by atoms with E-state index in [4.69, 9.17) is 4.74 Å². The lowest BCUT2D eigenvalue weighted by Gasteiger charge is -2.17. The lowest BCUT2D eigenvalue weighted by Crippen LogP contribution is -2.27. The van der Waals surface area contributed by atoms with Gasteiger partial charge in [0.1, 0.15) is 5.75 Å². The van der Waals surface area contributed by atoms with Gasteiger partial charge in [-0.2, -0.15) is 0 Å². The molecule has 3 aromatic carbocycles. The average molecular weight is 439 g/mol. The van der Waals surface area contributed by atoms with E-state index in [1.165, 1.54) is 0 Å². The number of benzene rings is 3. The number of amides is 1. The zero-order valence-electron chi connectivity index (χ0n) is 18.0. The van der Waals surface area contributed by atoms with Crippen LogP contribution < -0.4 is 14.8 Å². The van der Waals surface area contributed by atoms with Gasteiger partial charge in [-0.15, -0.1) is 0 Å². The fraction of sp³-hybridized carbons (Fsp3) is 0.208. The summed E-state index contributed by atoms with van der Waals surface area (Å²) in [6.45, 7) is 5.39. The SMILES string of the molecule is COc1c(C)cc(S(=O)(=O)NC(C)c2cccc(NC(=O)c3ccccc3)c2)cc1C. The van der Waals surface area contributed by atoms with Gasteiger partial charge >= 0.3 is 0 Å². The number of carbonyl (C=O) groups is 1. The largest absolute Gasteiger partial charge is 0.496 e. The molecule has 0 aliphatic rings. The first kappa shape index (κ1) is 22.5. The van der Waals surface area contributed by atoms with Gasteiger partial charge in [-0.3, -0.25) is 4.79 Å². The van der Waals surface area contributed by atoms with Crippen LogP contribution in [0.15, 0.2) is 71.6 Å². The summed E-state index contributed by atoms with van der Waals surface area (Å²) in [5.74, 6) is 0.448. The van der Waals surface area contributed by atoms with Crippen molar-refractivity contribution >= 4 is 21.6 Å². The second-order valence-electron chi connectivity index (χ2n) is 7.38. The van der Waals surface area contributed by atoms with Gasteiger partial charge in [0.05, 0.1) is 12.0 Å². The average Bonchev–Trinajstić information content (AvgIpc) is 2.74. The van der Waals surface area contributed by atoms with E-state index >= 15 is 0 Å². The number of ether oxygens (including phenoxy) is 1. The lowest BCUT2D eigenvalue weighted by atomic mass is 10.1. The molecular weight excluding hydrogens is 412 g/mol. The number of hydrogen-bond donors (Lipinski definition) is 2. The predicted octanol–water partition coefficient (Wildman–Crippen LogP) is 4.60. The van der Waals surface area contributed by atoms with Crippen molar-refractivity contribution in [1.82, 2.24) is 4.72 Å². The maximum absolute atomic E-state index is 12.9. The molecule has 1 unspecified atom stereocenters. The maximum Gasteiger partial charge on any atom is 0.255 e. The molecule has 2 N–H and O–H groups in total. The molecule has 3 rings (SSSR count). The molecule has 0 aliphatic heterocycles. The molecule has 0 aromatic heterocycles. The van der Waals surface area contributed by atoms with Crippen LogP contribution in [-0.4, -0.2) is 21.4 Å². The first-order valence-electron chi connectivity index (χ1n) is 9.85. The van der Waals surface area contributed by atoms with Crippen molar-refractivity contribution in [2.75, 3.05) is 12.4 Å². The Balaban J connectivity index is 1.78. The van der Waals surface area contributed by atoms with Crippen LogP contribution in [0.25, 0.3) is 0 Å². The van der Waals surface area contributed by atoms with E-state index < -0.39 is 16.1 Å². The topological polar surface area (TPSA) is 84.5 Å². The van der Waals surface area contributed by atoms with Crippen molar-refractivity contribution in [3.63, 3.8) is 0 Å². The van der Waals surface area contributed by atoms with Crippen molar-refractivity contribution in [1.29, 1.82) is 0 Å². The van der Waals surface area contributed by atoms with Crippen molar-refractivity contribution in [2.45, 2.75) is 31.7 Å². The molecule has 7 heteroatoms. The molecule has 1 atom stereocenters. The third kappa shape index (κ3) is 5.31. The highest BCUT2D eigenvalue weighted by Gasteiger charge is 2.21. The van der Waals surface area contributed by atoms with E-state index in [1.807, 2.05) is 26.0 Å². The Morgan fingerprint density at radius 1 is 0.935 bits per heavy atom. The van der Waals surface area contributed by atoms with E-state index in [-0.39, 0.29) is 10.8 Å². The van der Waals surface area contributed by atoms with Gasteiger partial charge in [0.2, 0.25) is 10.0 Å². The van der Waals surface area contributed by atoms with Gasteiger partial charge in [0, 0.05) is 17.3 Å². The van der Waals surface area contributed by atoms with Crippen LogP contribution in [0, 0.1) is 13.8 Å². The van der Waals surface area contributed by atoms with E-state index in [9.17, 15) is 13.2 Å². The minimum absolute atomic E-state index is 0.184. The Labute approximate surface area is 183 Å². The molecule has 1 amide bonds. The number of hydrogen-bond acceptors (Lipinski definition) is 4. The summed E-state index contributed by atoms with van der Waals surface area (Å²) in [5.41, 5.74) is 3.37. The number of carbonyl (C=O) groups excluding carboxylic acids is 1. The summed E-state index contributed by atoms with van der Waals surface area (Å²) in [6, 6.07) is 18.7. The van der Waals surface area contributed by atoms with Crippen LogP contribution in [0.4, 0.5) is 5.69 Å². The smallest absolute Gasteiger partial charge is 0.255 e. The zero-order valence-corrected chi connectivity index (χ0v) is 18.8. The molecule has 0 spiro atoms. The molecular formula is C24H26N2O4S. The summed E-state index contributed by atoms with van der Waals surface area (Å²) in [7, 11) is -2.19. The summed E-state index contributed by atoms with van der Waals surface area (Å²) in [6.07, 6.45) is 0. The molecule has 0 fully saturated rings.